The number of imidazole rings is 1. The van der Waals surface area contributed by atoms with Crippen molar-refractivity contribution in [2.45, 2.75) is 76.7 Å². The van der Waals surface area contributed by atoms with Gasteiger partial charge in [0.25, 0.3) is 11.8 Å². The Hall–Kier alpha value is -3.72. The number of fused-ring (bicyclic) bond motifs is 5. The van der Waals surface area contributed by atoms with E-state index in [0.29, 0.717) is 12.1 Å². The molecule has 0 spiro atoms. The highest BCUT2D eigenvalue weighted by atomic mass is 16.5. The zero-order valence-corrected chi connectivity index (χ0v) is 23.7. The second-order valence-corrected chi connectivity index (χ2v) is 12.3. The zero-order chi connectivity index (χ0) is 28.6. The van der Waals surface area contributed by atoms with Gasteiger partial charge in [-0.2, -0.15) is 0 Å². The molecule has 9 nitrogen and oxygen atoms in total. The Kier molecular flexibility index (Phi) is 5.78. The van der Waals surface area contributed by atoms with Crippen LogP contribution in [0.5, 0.6) is 0 Å². The Balaban J connectivity index is 1.63. The minimum atomic E-state index is -1.53. The van der Waals surface area contributed by atoms with Crippen LogP contribution in [-0.4, -0.2) is 50.5 Å². The Morgan fingerprint density at radius 2 is 1.92 bits per heavy atom. The second-order valence-electron chi connectivity index (χ2n) is 12.3. The number of methoxy groups -OCH3 is 1. The first-order chi connectivity index (χ1) is 18.2. The fourth-order valence-electron chi connectivity index (χ4n) is 7.17. The highest BCUT2D eigenvalue weighted by Gasteiger charge is 2.78. The Morgan fingerprint density at radius 3 is 2.56 bits per heavy atom. The highest BCUT2D eigenvalue weighted by molar-refractivity contribution is 6.10. The molecule has 3 atom stereocenters. The molecule has 1 aromatic heterocycles. The van der Waals surface area contributed by atoms with E-state index < -0.39 is 33.7 Å². The third-order valence-electron chi connectivity index (χ3n) is 9.17. The van der Waals surface area contributed by atoms with Gasteiger partial charge < -0.3 is 19.9 Å². The van der Waals surface area contributed by atoms with Crippen LogP contribution >= 0.6 is 0 Å². The van der Waals surface area contributed by atoms with Gasteiger partial charge >= 0.3 is 0 Å². The van der Waals surface area contributed by atoms with Gasteiger partial charge in [-0.3, -0.25) is 19.3 Å². The summed E-state index contributed by atoms with van der Waals surface area (Å²) in [5.74, 6) is -0.725. The molecule has 3 aliphatic rings. The van der Waals surface area contributed by atoms with Gasteiger partial charge in [0.05, 0.1) is 17.4 Å². The Morgan fingerprint density at radius 1 is 1.23 bits per heavy atom. The number of para-hydroxylation sites is 1. The van der Waals surface area contributed by atoms with Crippen LogP contribution in [0.4, 0.5) is 5.69 Å². The molecule has 2 saturated heterocycles. The van der Waals surface area contributed by atoms with Crippen molar-refractivity contribution >= 4 is 29.4 Å². The summed E-state index contributed by atoms with van der Waals surface area (Å²) < 4.78 is 7.84. The molecule has 4 heterocycles. The molecule has 0 bridgehead atoms. The number of nitrogens with zero attached hydrogens (tertiary/aromatic N) is 3. The van der Waals surface area contributed by atoms with Crippen molar-refractivity contribution in [3.63, 3.8) is 0 Å². The molecule has 2 N–H and O–H groups in total. The third-order valence-corrected chi connectivity index (χ3v) is 9.17. The molecule has 0 saturated carbocycles. The molecular weight excluding hydrogens is 494 g/mol. The first-order valence-electron chi connectivity index (χ1n) is 13.2. The number of hydrogen-bond donors (Lipinski definition) is 2. The Bertz CT molecular complexity index is 1440. The standard InChI is InChI=1S/C30H37N5O4/c1-9-26(3,4)29-17-30(39-8)25(38)32-23(14-20-16-34(18-31-20)27(5,6)15-19(2)36)24(37)35(30)28(29,7)33-22-13-11-10-12-21(22)29/h9-14,16,18,33H,1,15,17H2,2-8H3,(H,32,38). The molecule has 39 heavy (non-hydrogen) atoms. The fourth-order valence-corrected chi connectivity index (χ4v) is 7.17. The van der Waals surface area contributed by atoms with Gasteiger partial charge in [-0.1, -0.05) is 38.1 Å². The van der Waals surface area contributed by atoms with Crippen LogP contribution in [0.25, 0.3) is 6.08 Å². The lowest BCUT2D eigenvalue weighted by molar-refractivity contribution is -0.184. The van der Waals surface area contributed by atoms with Crippen molar-refractivity contribution in [2.75, 3.05) is 12.4 Å². The third kappa shape index (κ3) is 3.41. The number of ketones is 1. The van der Waals surface area contributed by atoms with Crippen molar-refractivity contribution < 1.29 is 19.1 Å². The summed E-state index contributed by atoms with van der Waals surface area (Å²) in [5.41, 5.74) is -1.77. The van der Waals surface area contributed by atoms with E-state index in [1.807, 2.05) is 49.6 Å². The van der Waals surface area contributed by atoms with E-state index in [9.17, 15) is 14.4 Å². The van der Waals surface area contributed by atoms with Gasteiger partial charge in [0.1, 0.15) is 17.1 Å². The molecule has 2 fully saturated rings. The highest BCUT2D eigenvalue weighted by Crippen LogP contribution is 2.67. The predicted molar refractivity (Wildman–Crippen MR) is 148 cm³/mol. The monoisotopic (exact) mass is 531 g/mol. The number of carbonyl (C=O) groups is 3. The van der Waals surface area contributed by atoms with Crippen LogP contribution in [0.2, 0.25) is 0 Å². The smallest absolute Gasteiger partial charge is 0.278 e. The number of amides is 2. The number of rotatable bonds is 7. The summed E-state index contributed by atoms with van der Waals surface area (Å²) in [6.45, 7) is 15.7. The van der Waals surface area contributed by atoms with Gasteiger partial charge in [0.2, 0.25) is 5.72 Å². The summed E-state index contributed by atoms with van der Waals surface area (Å²) in [6, 6.07) is 7.97. The molecule has 3 unspecified atom stereocenters. The van der Waals surface area contributed by atoms with Crippen molar-refractivity contribution in [1.82, 2.24) is 19.8 Å². The van der Waals surface area contributed by atoms with Crippen molar-refractivity contribution in [2.24, 2.45) is 5.41 Å². The van der Waals surface area contributed by atoms with Crippen molar-refractivity contribution in [3.8, 4) is 0 Å². The number of ether oxygens (including phenoxy) is 1. The molecule has 1 aromatic carbocycles. The van der Waals surface area contributed by atoms with Crippen LogP contribution in [-0.2, 0) is 30.1 Å². The van der Waals surface area contributed by atoms with Crippen LogP contribution in [0.1, 0.15) is 65.6 Å². The largest absolute Gasteiger partial charge is 0.362 e. The molecular formula is C30H37N5O4. The summed E-state index contributed by atoms with van der Waals surface area (Å²) in [4.78, 5) is 46.0. The van der Waals surface area contributed by atoms with Crippen molar-refractivity contribution in [1.29, 1.82) is 0 Å². The van der Waals surface area contributed by atoms with Crippen LogP contribution in [0, 0.1) is 5.41 Å². The number of carbonyl (C=O) groups excluding carboxylic acids is 3. The van der Waals surface area contributed by atoms with Gasteiger partial charge in [-0.15, -0.1) is 6.58 Å². The normalized spacial score (nSPS) is 29.0. The van der Waals surface area contributed by atoms with E-state index in [0.717, 1.165) is 11.3 Å². The summed E-state index contributed by atoms with van der Waals surface area (Å²) >= 11 is 0. The SMILES string of the molecule is C=CC(C)(C)C12CC3(OC)C(=O)NC(=Cc4cn(C(C)(C)CC(C)=O)cn4)C(=O)N3C1(C)Nc1ccccc12. The lowest BCUT2D eigenvalue weighted by Crippen LogP contribution is -2.71. The number of anilines is 1. The van der Waals surface area contributed by atoms with Gasteiger partial charge in [0, 0.05) is 37.4 Å². The van der Waals surface area contributed by atoms with Gasteiger partial charge in [-0.05, 0) is 50.8 Å². The Labute approximate surface area is 229 Å². The molecule has 0 radical (unpaired) electrons. The molecule has 2 amide bonds. The minimum Gasteiger partial charge on any atom is -0.362 e. The quantitative estimate of drug-likeness (QED) is 0.414. The lowest BCUT2D eigenvalue weighted by atomic mass is 9.56. The fraction of sp³-hybridized carbons (Fsp3) is 0.467. The first kappa shape index (κ1) is 26.9. The van der Waals surface area contributed by atoms with Crippen LogP contribution < -0.4 is 10.6 Å². The second kappa shape index (κ2) is 8.39. The molecule has 3 aliphatic heterocycles. The number of aromatic nitrogens is 2. The van der Waals surface area contributed by atoms with Gasteiger partial charge in [0.15, 0.2) is 0 Å². The summed E-state index contributed by atoms with van der Waals surface area (Å²) in [7, 11) is 1.47. The van der Waals surface area contributed by atoms with E-state index in [1.54, 1.807) is 30.4 Å². The molecule has 0 aliphatic carbocycles. The topological polar surface area (TPSA) is 106 Å². The van der Waals surface area contributed by atoms with Crippen LogP contribution in [0.15, 0.2) is 55.1 Å². The minimum absolute atomic E-state index is 0.0671. The summed E-state index contributed by atoms with van der Waals surface area (Å²) in [6.07, 6.45) is 7.46. The lowest BCUT2D eigenvalue weighted by Gasteiger charge is -2.51. The van der Waals surface area contributed by atoms with E-state index in [-0.39, 0.29) is 23.8 Å². The maximum absolute atomic E-state index is 14.3. The van der Waals surface area contributed by atoms with E-state index >= 15 is 0 Å². The van der Waals surface area contributed by atoms with E-state index in [1.165, 1.54) is 7.11 Å². The molecule has 206 valence electrons. The number of hydrogen-bond acceptors (Lipinski definition) is 6. The van der Waals surface area contributed by atoms with Gasteiger partial charge in [-0.25, -0.2) is 4.98 Å². The van der Waals surface area contributed by atoms with E-state index in [2.05, 4.69) is 42.1 Å². The van der Waals surface area contributed by atoms with Crippen LogP contribution in [0.3, 0.4) is 0 Å². The average Bonchev–Trinajstić information content (AvgIpc) is 3.50. The van der Waals surface area contributed by atoms with E-state index in [4.69, 9.17) is 4.74 Å². The average molecular weight is 532 g/mol. The predicted octanol–water partition coefficient (Wildman–Crippen LogP) is 3.93. The number of piperazine rings is 1. The number of nitrogens with one attached hydrogen (secondary N) is 2. The number of allylic oxidation sites excluding steroid dienone is 1. The number of Topliss-reactive ketones (excluding diaryl/α,β-unsaturated/α-hetero) is 1. The maximum Gasteiger partial charge on any atom is 0.278 e. The molecule has 5 rings (SSSR count). The zero-order valence-electron chi connectivity index (χ0n) is 23.7. The molecule has 9 heteroatoms. The summed E-state index contributed by atoms with van der Waals surface area (Å²) in [5, 5.41) is 6.43. The maximum atomic E-state index is 14.3. The first-order valence-corrected chi connectivity index (χ1v) is 13.2. The number of benzene rings is 1. The molecule has 2 aromatic rings. The van der Waals surface area contributed by atoms with Crippen molar-refractivity contribution in [3.05, 3.63) is 66.4 Å².